The highest BCUT2D eigenvalue weighted by Crippen LogP contribution is 2.27. The summed E-state index contributed by atoms with van der Waals surface area (Å²) in [5.41, 5.74) is 0. The first kappa shape index (κ1) is 19.9. The Bertz CT molecular complexity index is 808. The zero-order valence-corrected chi connectivity index (χ0v) is 15.6. The molecule has 0 aliphatic carbocycles. The summed E-state index contributed by atoms with van der Waals surface area (Å²) in [6, 6.07) is 3.83. The van der Waals surface area contributed by atoms with Crippen LogP contribution in [-0.2, 0) is 19.9 Å². The van der Waals surface area contributed by atoms with Crippen molar-refractivity contribution in [2.24, 2.45) is 0 Å². The highest BCUT2D eigenvalue weighted by Gasteiger charge is 2.35. The maximum absolute atomic E-state index is 12.4. The molecule has 3 N–H and O–H groups in total. The van der Waals surface area contributed by atoms with Crippen LogP contribution in [0.5, 0.6) is 11.5 Å². The average Bonchev–Trinajstić information content (AvgIpc) is 2.83. The Morgan fingerprint density at radius 1 is 1.20 bits per heavy atom. The highest BCUT2D eigenvalue weighted by atomic mass is 32.2. The standard InChI is InChI=1S/C14H22N2O7S2/c1-22-10-3-4-13(23-2)14(7-10)25(20,21)16-6-5-15-11-8-24(18,19)9-12(11)17/h3-4,7,11-12,15-17H,5-6,8-9H2,1-2H3/t11-,12+/m0/s1. The number of sulfone groups is 1. The van der Waals surface area contributed by atoms with Crippen LogP contribution in [-0.4, -0.2) is 72.9 Å². The van der Waals surface area contributed by atoms with Crippen LogP contribution in [0.2, 0.25) is 0 Å². The van der Waals surface area contributed by atoms with Crippen LogP contribution in [0.25, 0.3) is 0 Å². The van der Waals surface area contributed by atoms with Gasteiger partial charge in [0.05, 0.1) is 31.8 Å². The molecule has 9 nitrogen and oxygen atoms in total. The second-order valence-corrected chi connectivity index (χ2v) is 9.51. The summed E-state index contributed by atoms with van der Waals surface area (Å²) in [4.78, 5) is -0.0576. The fourth-order valence-corrected chi connectivity index (χ4v) is 5.53. The van der Waals surface area contributed by atoms with Crippen molar-refractivity contribution in [3.8, 4) is 11.5 Å². The third kappa shape index (κ3) is 5.05. The van der Waals surface area contributed by atoms with E-state index in [1.54, 1.807) is 6.07 Å². The van der Waals surface area contributed by atoms with Gasteiger partial charge in [0.15, 0.2) is 9.84 Å². The molecule has 0 unspecified atom stereocenters. The van der Waals surface area contributed by atoms with Crippen LogP contribution in [0.3, 0.4) is 0 Å². The second kappa shape index (κ2) is 7.87. The molecule has 2 rings (SSSR count). The predicted octanol–water partition coefficient (Wildman–Crippen LogP) is -1.27. The van der Waals surface area contributed by atoms with Crippen LogP contribution in [0.4, 0.5) is 0 Å². The lowest BCUT2D eigenvalue weighted by Gasteiger charge is -2.16. The zero-order chi connectivity index (χ0) is 18.7. The maximum Gasteiger partial charge on any atom is 0.244 e. The van der Waals surface area contributed by atoms with Crippen LogP contribution in [0.15, 0.2) is 23.1 Å². The van der Waals surface area contributed by atoms with E-state index in [-0.39, 0.29) is 35.2 Å². The third-order valence-electron chi connectivity index (χ3n) is 3.81. The van der Waals surface area contributed by atoms with Crippen molar-refractivity contribution >= 4 is 19.9 Å². The first-order valence-electron chi connectivity index (χ1n) is 7.52. The van der Waals surface area contributed by atoms with Gasteiger partial charge in [-0.2, -0.15) is 0 Å². The quantitative estimate of drug-likeness (QED) is 0.465. The van der Waals surface area contributed by atoms with E-state index in [4.69, 9.17) is 9.47 Å². The lowest BCUT2D eigenvalue weighted by molar-refractivity contribution is 0.166. The fraction of sp³-hybridized carbons (Fsp3) is 0.571. The molecule has 1 aliphatic rings. The number of aliphatic hydroxyl groups is 1. The van der Waals surface area contributed by atoms with Gasteiger partial charge >= 0.3 is 0 Å². The molecule has 0 amide bonds. The minimum absolute atomic E-state index is 0.0198. The van der Waals surface area contributed by atoms with Crippen molar-refractivity contribution in [3.05, 3.63) is 18.2 Å². The average molecular weight is 394 g/mol. The summed E-state index contributed by atoms with van der Waals surface area (Å²) in [7, 11) is -4.30. The van der Waals surface area contributed by atoms with Gasteiger partial charge in [0.2, 0.25) is 10.0 Å². The number of methoxy groups -OCH3 is 2. The fourth-order valence-electron chi connectivity index (χ4n) is 2.54. The number of hydrogen-bond acceptors (Lipinski definition) is 8. The topological polar surface area (TPSA) is 131 Å². The number of sulfonamides is 1. The van der Waals surface area contributed by atoms with Gasteiger partial charge in [0, 0.05) is 25.2 Å². The Morgan fingerprint density at radius 2 is 1.92 bits per heavy atom. The summed E-state index contributed by atoms with van der Waals surface area (Å²) in [6.07, 6.45) is -0.986. The van der Waals surface area contributed by atoms with Gasteiger partial charge in [0.25, 0.3) is 0 Å². The molecule has 11 heteroatoms. The van der Waals surface area contributed by atoms with E-state index in [0.29, 0.717) is 5.75 Å². The Kier molecular flexibility index (Phi) is 6.27. The first-order valence-corrected chi connectivity index (χ1v) is 10.8. The molecule has 1 heterocycles. The number of rotatable bonds is 8. The van der Waals surface area contributed by atoms with Gasteiger partial charge in [-0.1, -0.05) is 0 Å². The monoisotopic (exact) mass is 394 g/mol. The van der Waals surface area contributed by atoms with Crippen molar-refractivity contribution in [1.82, 2.24) is 10.0 Å². The Hall–Kier alpha value is -1.40. The van der Waals surface area contributed by atoms with Crippen molar-refractivity contribution in [2.45, 2.75) is 17.0 Å². The summed E-state index contributed by atoms with van der Waals surface area (Å²) in [6.45, 7) is 0.189. The minimum atomic E-state index is -3.84. The molecule has 2 atom stereocenters. The molecule has 0 saturated carbocycles. The van der Waals surface area contributed by atoms with Crippen LogP contribution in [0, 0.1) is 0 Å². The van der Waals surface area contributed by atoms with E-state index in [1.807, 2.05) is 0 Å². The van der Waals surface area contributed by atoms with E-state index in [1.165, 1.54) is 26.4 Å². The van der Waals surface area contributed by atoms with Crippen LogP contribution >= 0.6 is 0 Å². The first-order chi connectivity index (χ1) is 11.7. The Labute approximate surface area is 147 Å². The molecule has 1 fully saturated rings. The molecular weight excluding hydrogens is 372 g/mol. The number of aliphatic hydroxyl groups excluding tert-OH is 1. The zero-order valence-electron chi connectivity index (χ0n) is 13.9. The minimum Gasteiger partial charge on any atom is -0.497 e. The Balaban J connectivity index is 1.96. The predicted molar refractivity (Wildman–Crippen MR) is 91.2 cm³/mol. The molecule has 1 saturated heterocycles. The van der Waals surface area contributed by atoms with Crippen molar-refractivity contribution in [3.63, 3.8) is 0 Å². The third-order valence-corrected chi connectivity index (χ3v) is 7.01. The molecule has 0 bridgehead atoms. The molecule has 0 spiro atoms. The van der Waals surface area contributed by atoms with Gasteiger partial charge < -0.3 is 19.9 Å². The molecule has 1 aromatic rings. The number of benzene rings is 1. The normalized spacial score (nSPS) is 22.7. The highest BCUT2D eigenvalue weighted by molar-refractivity contribution is 7.91. The lowest BCUT2D eigenvalue weighted by atomic mass is 10.2. The summed E-state index contributed by atoms with van der Waals surface area (Å²) >= 11 is 0. The molecule has 25 heavy (non-hydrogen) atoms. The molecule has 1 aliphatic heterocycles. The van der Waals surface area contributed by atoms with Crippen LogP contribution < -0.4 is 19.5 Å². The summed E-state index contributed by atoms with van der Waals surface area (Å²) in [5.74, 6) is 0.110. The largest absolute Gasteiger partial charge is 0.497 e. The maximum atomic E-state index is 12.4. The lowest BCUT2D eigenvalue weighted by Crippen LogP contribution is -2.42. The SMILES string of the molecule is COc1ccc(OC)c(S(=O)(=O)NCCN[C@H]2CS(=O)(=O)C[C@H]2O)c1. The van der Waals surface area contributed by atoms with Gasteiger partial charge in [-0.3, -0.25) is 0 Å². The van der Waals surface area contributed by atoms with Gasteiger partial charge in [0.1, 0.15) is 16.4 Å². The number of ether oxygens (including phenoxy) is 2. The van der Waals surface area contributed by atoms with Gasteiger partial charge in [-0.25, -0.2) is 21.6 Å². The molecule has 1 aromatic carbocycles. The van der Waals surface area contributed by atoms with E-state index >= 15 is 0 Å². The van der Waals surface area contributed by atoms with E-state index in [9.17, 15) is 21.9 Å². The summed E-state index contributed by atoms with van der Waals surface area (Å²) < 4.78 is 60.2. The van der Waals surface area contributed by atoms with Crippen molar-refractivity contribution in [1.29, 1.82) is 0 Å². The number of hydrogen-bond donors (Lipinski definition) is 3. The second-order valence-electron chi connectivity index (χ2n) is 5.62. The molecule has 0 radical (unpaired) electrons. The van der Waals surface area contributed by atoms with Gasteiger partial charge in [-0.05, 0) is 12.1 Å². The van der Waals surface area contributed by atoms with E-state index in [0.717, 1.165) is 0 Å². The van der Waals surface area contributed by atoms with Crippen LogP contribution in [0.1, 0.15) is 0 Å². The molecule has 142 valence electrons. The van der Waals surface area contributed by atoms with Crippen molar-refractivity contribution < 1.29 is 31.4 Å². The summed E-state index contributed by atoms with van der Waals surface area (Å²) in [5, 5.41) is 12.5. The molecular formula is C14H22N2O7S2. The Morgan fingerprint density at radius 3 is 2.48 bits per heavy atom. The van der Waals surface area contributed by atoms with E-state index in [2.05, 4.69) is 10.0 Å². The number of nitrogens with one attached hydrogen (secondary N) is 2. The van der Waals surface area contributed by atoms with Crippen molar-refractivity contribution in [2.75, 3.05) is 38.8 Å². The molecule has 0 aromatic heterocycles. The van der Waals surface area contributed by atoms with Gasteiger partial charge in [-0.15, -0.1) is 0 Å². The smallest absolute Gasteiger partial charge is 0.244 e. The van der Waals surface area contributed by atoms with E-state index < -0.39 is 32.0 Å².